The Morgan fingerprint density at radius 2 is 0.852 bits per heavy atom. The maximum Gasteiger partial charge on any atom is 0.135 e. The molecule has 4 heterocycles. The molecule has 0 spiro atoms. The molecule has 0 fully saturated rings. The van der Waals surface area contributed by atoms with E-state index in [-0.39, 0.29) is 0 Å². The molecule has 61 heavy (non-hydrogen) atoms. The van der Waals surface area contributed by atoms with E-state index in [1.165, 1.54) is 25.8 Å². The molecule has 7 aromatic carbocycles. The lowest BCUT2D eigenvalue weighted by Crippen LogP contribution is -2.14. The molecule has 290 valence electrons. The van der Waals surface area contributed by atoms with Crippen molar-refractivity contribution < 1.29 is 8.83 Å². The van der Waals surface area contributed by atoms with Gasteiger partial charge in [0, 0.05) is 58.1 Å². The highest BCUT2D eigenvalue weighted by atomic mass is 32.1. The molecule has 3 nitrogen and oxygen atoms in total. The average Bonchev–Trinajstić information content (AvgIpc) is 4.14. The summed E-state index contributed by atoms with van der Waals surface area (Å²) in [5.41, 5.74) is 13.3. The predicted octanol–water partition coefficient (Wildman–Crippen LogP) is 17.2. The Balaban J connectivity index is 0.867. The maximum absolute atomic E-state index is 6.09. The zero-order valence-electron chi connectivity index (χ0n) is 33.0. The van der Waals surface area contributed by atoms with Gasteiger partial charge in [-0.3, -0.25) is 0 Å². The molecule has 11 aromatic rings. The standard InChI is InChI=1S/C56H37NO2S2/c1-36(53-30-31-55(60-53)41-22-28-51-47(34-41)45-12-6-8-14-49(45)58-51)16-17-37(2)57(43-24-18-39(19-25-43)38-10-4-3-5-11-38)44-26-20-40(21-27-44)54-32-33-56(61-54)42-23-29-52-48(35-42)46-13-7-9-15-50(46)59-52/h3-35H,1-2H2. The largest absolute Gasteiger partial charge is 0.456 e. The smallest absolute Gasteiger partial charge is 0.135 e. The second kappa shape index (κ2) is 15.3. The monoisotopic (exact) mass is 819 g/mol. The molecule has 0 saturated heterocycles. The van der Waals surface area contributed by atoms with Crippen molar-refractivity contribution in [3.05, 3.63) is 224 Å². The third kappa shape index (κ3) is 6.90. The number of hydrogen-bond donors (Lipinski definition) is 0. The van der Waals surface area contributed by atoms with E-state index >= 15 is 0 Å². The van der Waals surface area contributed by atoms with Gasteiger partial charge >= 0.3 is 0 Å². The molecule has 0 radical (unpaired) electrons. The summed E-state index contributed by atoms with van der Waals surface area (Å²) in [7, 11) is 0. The molecule has 0 bridgehead atoms. The van der Waals surface area contributed by atoms with Crippen molar-refractivity contribution in [1.82, 2.24) is 0 Å². The number of nitrogens with zero attached hydrogens (tertiary/aromatic N) is 1. The van der Waals surface area contributed by atoms with Gasteiger partial charge in [0.15, 0.2) is 0 Å². The van der Waals surface area contributed by atoms with E-state index in [1.807, 2.05) is 30.3 Å². The second-order valence-corrected chi connectivity index (χ2v) is 17.3. The summed E-state index contributed by atoms with van der Waals surface area (Å²) >= 11 is 3.53. The molecule has 0 atom stereocenters. The number of allylic oxidation sites excluding steroid dienone is 3. The van der Waals surface area contributed by atoms with Crippen molar-refractivity contribution in [3.8, 4) is 42.4 Å². The SMILES string of the molecule is C=C(C=CC(=C)N(c1ccc(-c2ccccc2)cc1)c1ccc(-c2ccc(-c3ccc4oc5ccccc5c4c3)s2)cc1)c1ccc(-c2ccc3oc4ccccc4c3c2)s1. The average molecular weight is 820 g/mol. The first-order valence-corrected chi connectivity index (χ1v) is 21.8. The van der Waals surface area contributed by atoms with Gasteiger partial charge in [-0.05, 0) is 137 Å². The minimum Gasteiger partial charge on any atom is -0.456 e. The summed E-state index contributed by atoms with van der Waals surface area (Å²) < 4.78 is 12.2. The van der Waals surface area contributed by atoms with E-state index in [4.69, 9.17) is 8.83 Å². The van der Waals surface area contributed by atoms with Crippen LogP contribution >= 0.6 is 22.7 Å². The van der Waals surface area contributed by atoms with Gasteiger partial charge in [0.25, 0.3) is 0 Å². The minimum absolute atomic E-state index is 0.830. The fourth-order valence-corrected chi connectivity index (χ4v) is 10.1. The highest BCUT2D eigenvalue weighted by molar-refractivity contribution is 7.18. The van der Waals surface area contributed by atoms with Crippen molar-refractivity contribution in [2.45, 2.75) is 0 Å². The van der Waals surface area contributed by atoms with Crippen molar-refractivity contribution in [3.63, 3.8) is 0 Å². The highest BCUT2D eigenvalue weighted by Crippen LogP contribution is 2.41. The lowest BCUT2D eigenvalue weighted by Gasteiger charge is -2.26. The van der Waals surface area contributed by atoms with E-state index in [0.29, 0.717) is 0 Å². The van der Waals surface area contributed by atoms with E-state index < -0.39 is 0 Å². The maximum atomic E-state index is 6.09. The van der Waals surface area contributed by atoms with Gasteiger partial charge in [0.2, 0.25) is 0 Å². The van der Waals surface area contributed by atoms with E-state index in [0.717, 1.165) is 88.1 Å². The van der Waals surface area contributed by atoms with E-state index in [9.17, 15) is 0 Å². The van der Waals surface area contributed by atoms with Crippen LogP contribution < -0.4 is 4.90 Å². The summed E-state index contributed by atoms with van der Waals surface area (Å²) in [6.45, 7) is 9.07. The first kappa shape index (κ1) is 36.6. The topological polar surface area (TPSA) is 29.5 Å². The molecular weight excluding hydrogens is 783 g/mol. The molecule has 0 N–H and O–H groups in total. The van der Waals surface area contributed by atoms with Gasteiger partial charge < -0.3 is 13.7 Å². The van der Waals surface area contributed by atoms with Gasteiger partial charge in [-0.2, -0.15) is 0 Å². The molecule has 0 aliphatic heterocycles. The molecule has 4 aromatic heterocycles. The molecular formula is C56H37NO2S2. The number of para-hydroxylation sites is 2. The lowest BCUT2D eigenvalue weighted by atomic mass is 10.0. The Morgan fingerprint density at radius 3 is 1.46 bits per heavy atom. The van der Waals surface area contributed by atoms with Gasteiger partial charge in [0.05, 0.1) is 0 Å². The molecule has 5 heteroatoms. The molecule has 0 saturated carbocycles. The number of rotatable bonds is 10. The number of benzene rings is 7. The summed E-state index contributed by atoms with van der Waals surface area (Å²) in [6.07, 6.45) is 4.14. The number of furan rings is 2. The van der Waals surface area contributed by atoms with Gasteiger partial charge in [-0.1, -0.05) is 110 Å². The first-order chi connectivity index (χ1) is 30.0. The van der Waals surface area contributed by atoms with Crippen LogP contribution in [0.1, 0.15) is 4.88 Å². The van der Waals surface area contributed by atoms with E-state index in [2.05, 4.69) is 188 Å². The number of anilines is 2. The first-order valence-electron chi connectivity index (χ1n) is 20.2. The fourth-order valence-electron chi connectivity index (χ4n) is 8.11. The number of thiophene rings is 2. The molecule has 0 unspecified atom stereocenters. The van der Waals surface area contributed by atoms with Crippen LogP contribution in [0.25, 0.3) is 91.9 Å². The van der Waals surface area contributed by atoms with Crippen LogP contribution in [-0.2, 0) is 0 Å². The predicted molar refractivity (Wildman–Crippen MR) is 261 cm³/mol. The molecule has 11 rings (SSSR count). The summed E-state index contributed by atoms with van der Waals surface area (Å²) in [5, 5.41) is 4.53. The van der Waals surface area contributed by atoms with Gasteiger partial charge in [-0.15, -0.1) is 22.7 Å². The zero-order chi connectivity index (χ0) is 40.9. The van der Waals surface area contributed by atoms with Crippen LogP contribution in [0.2, 0.25) is 0 Å². The summed E-state index contributed by atoms with van der Waals surface area (Å²) in [6, 6.07) is 66.0. The molecule has 0 amide bonds. The quantitative estimate of drug-likeness (QED) is 0.129. The van der Waals surface area contributed by atoms with Crippen LogP contribution in [0.5, 0.6) is 0 Å². The normalized spacial score (nSPS) is 11.7. The lowest BCUT2D eigenvalue weighted by molar-refractivity contribution is 0.668. The Kier molecular flexibility index (Phi) is 9.19. The summed E-state index contributed by atoms with van der Waals surface area (Å²) in [4.78, 5) is 6.92. The minimum atomic E-state index is 0.830. The Morgan fingerprint density at radius 1 is 0.393 bits per heavy atom. The Bertz CT molecular complexity index is 3450. The number of hydrogen-bond acceptors (Lipinski definition) is 5. The summed E-state index contributed by atoms with van der Waals surface area (Å²) in [5.74, 6) is 0. The third-order valence-corrected chi connectivity index (χ3v) is 13.7. The van der Waals surface area contributed by atoms with Gasteiger partial charge in [0.1, 0.15) is 22.3 Å². The second-order valence-electron chi connectivity index (χ2n) is 15.1. The van der Waals surface area contributed by atoms with Crippen LogP contribution in [0.4, 0.5) is 11.4 Å². The van der Waals surface area contributed by atoms with E-state index in [1.54, 1.807) is 22.7 Å². The van der Waals surface area contributed by atoms with Crippen molar-refractivity contribution >= 4 is 83.5 Å². The van der Waals surface area contributed by atoms with Crippen LogP contribution in [0, 0.1) is 0 Å². The molecule has 0 aliphatic rings. The van der Waals surface area contributed by atoms with Crippen molar-refractivity contribution in [1.29, 1.82) is 0 Å². The Hall–Kier alpha value is -7.44. The highest BCUT2D eigenvalue weighted by Gasteiger charge is 2.16. The molecule has 0 aliphatic carbocycles. The van der Waals surface area contributed by atoms with Crippen LogP contribution in [0.3, 0.4) is 0 Å². The van der Waals surface area contributed by atoms with Gasteiger partial charge in [-0.25, -0.2) is 0 Å². The van der Waals surface area contributed by atoms with Crippen molar-refractivity contribution in [2.24, 2.45) is 0 Å². The Labute approximate surface area is 361 Å². The third-order valence-electron chi connectivity index (χ3n) is 11.3. The zero-order valence-corrected chi connectivity index (χ0v) is 34.7. The van der Waals surface area contributed by atoms with Crippen molar-refractivity contribution in [2.75, 3.05) is 4.90 Å². The van der Waals surface area contributed by atoms with Crippen LogP contribution in [0.15, 0.2) is 228 Å². The number of fused-ring (bicyclic) bond motifs is 6. The fraction of sp³-hybridized carbons (Fsp3) is 0. The van der Waals surface area contributed by atoms with Crippen LogP contribution in [-0.4, -0.2) is 0 Å².